The van der Waals surface area contributed by atoms with Crippen molar-refractivity contribution in [1.29, 1.82) is 0 Å². The molecule has 4 aromatic carbocycles. The molecule has 3 heterocycles. The number of aliphatic hydroxyl groups excluding tert-OH is 3. The zero-order chi connectivity index (χ0) is 38.5. The fourth-order valence-electron chi connectivity index (χ4n) is 6.58. The average molecular weight is 694 g/mol. The number of nitrogens with zero attached hydrogens (tertiary/aromatic N) is 4. The van der Waals surface area contributed by atoms with Crippen molar-refractivity contribution in [1.82, 2.24) is 19.1 Å². The van der Waals surface area contributed by atoms with Crippen LogP contribution >= 0.6 is 0 Å². The number of carboxylic acid groups (broad SMARTS) is 1. The molecule has 6 aromatic rings. The summed E-state index contributed by atoms with van der Waals surface area (Å²) < 4.78 is 38.8. The molecule has 51 heavy (non-hydrogen) atoms. The number of carbonyl (C=O) groups is 2. The first-order valence-corrected chi connectivity index (χ1v) is 16.6. The number of carboxylic acids is 1. The Morgan fingerprint density at radius 1 is 0.902 bits per heavy atom. The summed E-state index contributed by atoms with van der Waals surface area (Å²) in [6.45, 7) is 2.02. The summed E-state index contributed by atoms with van der Waals surface area (Å²) >= 11 is 0. The van der Waals surface area contributed by atoms with Gasteiger partial charge in [-0.15, -0.1) is 0 Å². The molecule has 12 heteroatoms. The van der Waals surface area contributed by atoms with Crippen molar-refractivity contribution in [2.75, 3.05) is 0 Å². The Morgan fingerprint density at radius 2 is 1.65 bits per heavy atom. The van der Waals surface area contributed by atoms with Crippen molar-refractivity contribution in [3.8, 4) is 22.5 Å². The topological polar surface area (TPSA) is 169 Å². The Kier molecular flexibility index (Phi) is 8.19. The van der Waals surface area contributed by atoms with Crippen LogP contribution in [0.1, 0.15) is 44.8 Å². The van der Waals surface area contributed by atoms with Gasteiger partial charge in [-0.05, 0) is 65.9 Å². The lowest BCUT2D eigenvalue weighted by Gasteiger charge is -2.38. The molecule has 0 amide bonds. The quantitative estimate of drug-likeness (QED) is 0.157. The molecule has 12 nitrogen and oxygen atoms in total. The molecule has 4 N–H and O–H groups in total. The third kappa shape index (κ3) is 6.27. The number of hydrogen-bond donors (Lipinski definition) is 4. The lowest BCUT2D eigenvalue weighted by atomic mass is 9.98. The lowest BCUT2D eigenvalue weighted by Crippen LogP contribution is -2.60. The number of esters is 1. The Balaban J connectivity index is 1.20. The third-order valence-corrected chi connectivity index (χ3v) is 9.20. The Hall–Kier alpha value is -5.40. The summed E-state index contributed by atoms with van der Waals surface area (Å²) in [6, 6.07) is 25.2. The summed E-state index contributed by atoms with van der Waals surface area (Å²) in [5, 5.41) is 39.9. The van der Waals surface area contributed by atoms with Gasteiger partial charge in [0.25, 0.3) is 0 Å². The Bertz CT molecular complexity index is 2370. The minimum atomic E-state index is -2.46. The van der Waals surface area contributed by atoms with Crippen LogP contribution in [0.5, 0.6) is 0 Å². The number of benzene rings is 4. The highest BCUT2D eigenvalue weighted by atomic mass is 16.7. The van der Waals surface area contributed by atoms with Crippen LogP contribution in [0.2, 0.25) is 0 Å². The highest BCUT2D eigenvalue weighted by Crippen LogP contribution is 2.32. The summed E-state index contributed by atoms with van der Waals surface area (Å²) in [5.41, 5.74) is 6.49. The van der Waals surface area contributed by atoms with E-state index in [1.54, 1.807) is 36.4 Å². The number of aliphatic hydroxyl groups is 3. The SMILES string of the molecule is [2H]C([2H])([2H])n1c(-c2cc(C)c3nc(CCC)n(Cc4ccc(-c5ccccc5C(=O)O[C@@H]5O[C@H](C(=O)O)[C@@H](O)[C@H](O)[C@H]5O)cc4)c3c2)nc2ccccc21. The minimum absolute atomic E-state index is 0.102. The number of aromatic nitrogens is 4. The van der Waals surface area contributed by atoms with E-state index in [0.717, 1.165) is 34.4 Å². The van der Waals surface area contributed by atoms with E-state index in [-0.39, 0.29) is 5.56 Å². The molecule has 262 valence electrons. The van der Waals surface area contributed by atoms with Gasteiger partial charge in [0.2, 0.25) is 6.29 Å². The van der Waals surface area contributed by atoms with Crippen molar-refractivity contribution >= 4 is 34.0 Å². The monoisotopic (exact) mass is 693 g/mol. The first-order valence-electron chi connectivity index (χ1n) is 18.1. The first-order chi connectivity index (χ1) is 25.8. The van der Waals surface area contributed by atoms with Crippen molar-refractivity contribution in [2.45, 2.75) is 63.9 Å². The van der Waals surface area contributed by atoms with Gasteiger partial charge in [0, 0.05) is 29.6 Å². The number of imidazole rings is 2. The van der Waals surface area contributed by atoms with Gasteiger partial charge in [-0.25, -0.2) is 19.6 Å². The van der Waals surface area contributed by atoms with Crippen LogP contribution in [0.4, 0.5) is 0 Å². The smallest absolute Gasteiger partial charge is 0.341 e. The van der Waals surface area contributed by atoms with E-state index < -0.39 is 49.6 Å². The molecule has 2 aromatic heterocycles. The molecular formula is C39H38N4O8. The highest BCUT2D eigenvalue weighted by Gasteiger charge is 2.48. The predicted molar refractivity (Wildman–Crippen MR) is 189 cm³/mol. The largest absolute Gasteiger partial charge is 0.479 e. The summed E-state index contributed by atoms with van der Waals surface area (Å²) in [5.74, 6) is -1.30. The summed E-state index contributed by atoms with van der Waals surface area (Å²) in [7, 11) is 0. The van der Waals surface area contributed by atoms with Gasteiger partial charge in [-0.1, -0.05) is 61.5 Å². The lowest BCUT2D eigenvalue weighted by molar-refractivity contribution is -0.278. The number of aryl methyl sites for hydroxylation is 3. The zero-order valence-corrected chi connectivity index (χ0v) is 27.8. The molecule has 1 saturated heterocycles. The Morgan fingerprint density at radius 3 is 2.39 bits per heavy atom. The van der Waals surface area contributed by atoms with Gasteiger partial charge in [0.05, 0.1) is 27.6 Å². The van der Waals surface area contributed by atoms with Crippen LogP contribution in [0.25, 0.3) is 44.6 Å². The molecule has 7 rings (SSSR count). The van der Waals surface area contributed by atoms with Gasteiger partial charge in [-0.2, -0.15) is 0 Å². The maximum absolute atomic E-state index is 13.4. The van der Waals surface area contributed by atoms with Crippen LogP contribution in [0.3, 0.4) is 0 Å². The molecule has 0 saturated carbocycles. The normalized spacial score (nSPS) is 21.7. The number of fused-ring (bicyclic) bond motifs is 2. The molecule has 0 spiro atoms. The summed E-state index contributed by atoms with van der Waals surface area (Å²) in [6.07, 6.45) is -7.91. The van der Waals surface area contributed by atoms with E-state index >= 15 is 0 Å². The van der Waals surface area contributed by atoms with Crippen LogP contribution in [0.15, 0.2) is 84.9 Å². The van der Waals surface area contributed by atoms with Crippen molar-refractivity contribution < 1.29 is 43.6 Å². The molecule has 1 fully saturated rings. The number of carbonyl (C=O) groups excluding carboxylic acids is 1. The second-order valence-corrected chi connectivity index (χ2v) is 12.7. The van der Waals surface area contributed by atoms with Crippen molar-refractivity contribution in [2.24, 2.45) is 6.98 Å². The van der Waals surface area contributed by atoms with Gasteiger partial charge in [0.1, 0.15) is 30.0 Å². The second kappa shape index (κ2) is 13.7. The maximum Gasteiger partial charge on any atom is 0.341 e. The van der Waals surface area contributed by atoms with Crippen LogP contribution in [-0.2, 0) is 34.2 Å². The van der Waals surface area contributed by atoms with E-state index in [1.807, 2.05) is 49.4 Å². The molecule has 1 aliphatic rings. The molecule has 0 radical (unpaired) electrons. The van der Waals surface area contributed by atoms with Gasteiger partial charge in [-0.3, -0.25) is 0 Å². The van der Waals surface area contributed by atoms with Gasteiger partial charge in [0.15, 0.2) is 6.10 Å². The van der Waals surface area contributed by atoms with Crippen molar-refractivity contribution in [3.63, 3.8) is 0 Å². The fourth-order valence-corrected chi connectivity index (χ4v) is 6.58. The zero-order valence-electron chi connectivity index (χ0n) is 30.8. The van der Waals surface area contributed by atoms with Crippen LogP contribution in [0, 0.1) is 6.92 Å². The molecule has 1 aliphatic heterocycles. The third-order valence-electron chi connectivity index (χ3n) is 9.20. The second-order valence-electron chi connectivity index (χ2n) is 12.7. The van der Waals surface area contributed by atoms with Gasteiger partial charge >= 0.3 is 11.9 Å². The van der Waals surface area contributed by atoms with Crippen molar-refractivity contribution in [3.05, 3.63) is 107 Å². The van der Waals surface area contributed by atoms with E-state index in [4.69, 9.17) is 23.6 Å². The van der Waals surface area contributed by atoms with E-state index in [2.05, 4.69) is 11.5 Å². The maximum atomic E-state index is 13.4. The van der Waals surface area contributed by atoms with Crippen LogP contribution in [-0.4, -0.2) is 82.2 Å². The predicted octanol–water partition coefficient (Wildman–Crippen LogP) is 4.62. The van der Waals surface area contributed by atoms with Gasteiger partial charge < -0.3 is 39.0 Å². The number of aliphatic carboxylic acids is 1. The first kappa shape index (κ1) is 30.4. The van der Waals surface area contributed by atoms with E-state index in [9.17, 15) is 30.0 Å². The van der Waals surface area contributed by atoms with Crippen LogP contribution < -0.4 is 0 Å². The number of para-hydroxylation sites is 2. The Labute approximate surface area is 297 Å². The minimum Gasteiger partial charge on any atom is -0.479 e. The molecule has 0 bridgehead atoms. The average Bonchev–Trinajstić information content (AvgIpc) is 3.71. The standard InChI is InChI=1S/C39H38N4O8/c1-4-9-30-41-31-21(2)18-24(36-40-27-12-7-8-13-28(27)42(36)3)19-29(31)43(30)20-22-14-16-23(17-15-22)25-10-5-6-11-26(25)38(49)51-39-34(46)32(44)33(45)35(50-39)37(47)48/h5-8,10-19,32-35,39,44-46H,4,9,20H2,1-3H3,(H,47,48)/t32-,33-,34+,35-,39-/m0/s1/i3D3. The molecule has 5 atom stereocenters. The highest BCUT2D eigenvalue weighted by molar-refractivity contribution is 5.97. The number of hydrogen-bond acceptors (Lipinski definition) is 9. The molecule has 0 unspecified atom stereocenters. The number of ether oxygens (including phenoxy) is 2. The molecule has 0 aliphatic carbocycles. The summed E-state index contributed by atoms with van der Waals surface area (Å²) in [4.78, 5) is 34.6. The van der Waals surface area contributed by atoms with E-state index in [1.165, 1.54) is 10.6 Å². The molecular weight excluding hydrogens is 652 g/mol. The fraction of sp³-hybridized carbons (Fsp3) is 0.282. The number of rotatable bonds is 9. The van der Waals surface area contributed by atoms with E-state index in [0.29, 0.717) is 46.5 Å².